The van der Waals surface area contributed by atoms with E-state index in [1.165, 1.54) is 0 Å². The predicted octanol–water partition coefficient (Wildman–Crippen LogP) is 2.51. The molecule has 0 atom stereocenters. The van der Waals surface area contributed by atoms with Crippen LogP contribution in [0, 0.1) is 0 Å². The molecule has 0 unspecified atom stereocenters. The van der Waals surface area contributed by atoms with Gasteiger partial charge >= 0.3 is 0 Å². The summed E-state index contributed by atoms with van der Waals surface area (Å²) in [4.78, 5) is 18.9. The molecule has 4 rings (SSSR count). The van der Waals surface area contributed by atoms with E-state index in [2.05, 4.69) is 4.98 Å². The molecule has 0 spiro atoms. The van der Waals surface area contributed by atoms with Crippen LogP contribution in [-0.4, -0.2) is 53.8 Å². The van der Waals surface area contributed by atoms with Gasteiger partial charge in [-0.2, -0.15) is 0 Å². The van der Waals surface area contributed by atoms with Crippen LogP contribution in [0.3, 0.4) is 0 Å². The zero-order chi connectivity index (χ0) is 17.2. The number of hydrogen-bond donors (Lipinski definition) is 0. The number of amides is 1. The third kappa shape index (κ3) is 2.96. The molecule has 3 aromatic rings. The summed E-state index contributed by atoms with van der Waals surface area (Å²) in [5, 5.41) is 0. The molecule has 6 heteroatoms. The molecule has 1 aromatic heterocycles. The van der Waals surface area contributed by atoms with Crippen LogP contribution in [-0.2, 0) is 4.74 Å². The van der Waals surface area contributed by atoms with Gasteiger partial charge in [-0.15, -0.1) is 0 Å². The van der Waals surface area contributed by atoms with E-state index in [1.54, 1.807) is 13.4 Å². The van der Waals surface area contributed by atoms with Crippen molar-refractivity contribution in [3.8, 4) is 11.4 Å². The van der Waals surface area contributed by atoms with E-state index in [9.17, 15) is 4.79 Å². The van der Waals surface area contributed by atoms with Gasteiger partial charge in [-0.05, 0) is 42.5 Å². The van der Waals surface area contributed by atoms with Gasteiger partial charge in [0.25, 0.3) is 5.91 Å². The first-order chi connectivity index (χ1) is 12.3. The van der Waals surface area contributed by atoms with Gasteiger partial charge in [0.2, 0.25) is 0 Å². The number of morpholine rings is 1. The average Bonchev–Trinajstić information content (AvgIpc) is 3.11. The second-order valence-corrected chi connectivity index (χ2v) is 5.92. The van der Waals surface area contributed by atoms with Crippen molar-refractivity contribution in [3.05, 3.63) is 54.4 Å². The summed E-state index contributed by atoms with van der Waals surface area (Å²) in [5.41, 5.74) is 3.42. The molecule has 6 nitrogen and oxygen atoms in total. The van der Waals surface area contributed by atoms with Crippen LogP contribution < -0.4 is 4.74 Å². The Kier molecular flexibility index (Phi) is 4.11. The fourth-order valence-corrected chi connectivity index (χ4v) is 3.04. The maximum atomic E-state index is 12.6. The minimum atomic E-state index is 0.0317. The number of hydrogen-bond acceptors (Lipinski definition) is 4. The molecule has 1 aliphatic rings. The van der Waals surface area contributed by atoms with Crippen molar-refractivity contribution in [3.63, 3.8) is 0 Å². The van der Waals surface area contributed by atoms with Crippen molar-refractivity contribution in [1.82, 2.24) is 14.5 Å². The van der Waals surface area contributed by atoms with Gasteiger partial charge in [0.15, 0.2) is 0 Å². The molecule has 0 bridgehead atoms. The molecule has 2 heterocycles. The third-order valence-electron chi connectivity index (χ3n) is 4.44. The van der Waals surface area contributed by atoms with Crippen molar-refractivity contribution in [2.75, 3.05) is 33.4 Å². The molecule has 1 amide bonds. The Morgan fingerprint density at radius 2 is 1.88 bits per heavy atom. The molecule has 1 fully saturated rings. The highest BCUT2D eigenvalue weighted by Crippen LogP contribution is 2.22. The van der Waals surface area contributed by atoms with E-state index in [1.807, 2.05) is 51.9 Å². The second kappa shape index (κ2) is 6.57. The van der Waals surface area contributed by atoms with Crippen LogP contribution in [0.5, 0.6) is 5.75 Å². The lowest BCUT2D eigenvalue weighted by molar-refractivity contribution is 0.0303. The summed E-state index contributed by atoms with van der Waals surface area (Å²) in [6.07, 6.45) is 1.77. The Labute approximate surface area is 145 Å². The van der Waals surface area contributed by atoms with E-state index in [4.69, 9.17) is 9.47 Å². The molecule has 25 heavy (non-hydrogen) atoms. The molecule has 1 aliphatic heterocycles. The van der Waals surface area contributed by atoms with Crippen LogP contribution in [0.1, 0.15) is 10.4 Å². The molecule has 0 aliphatic carbocycles. The first-order valence-electron chi connectivity index (χ1n) is 8.25. The highest BCUT2D eigenvalue weighted by atomic mass is 16.5. The van der Waals surface area contributed by atoms with Gasteiger partial charge in [0.1, 0.15) is 12.1 Å². The number of rotatable bonds is 3. The molecule has 1 saturated heterocycles. The second-order valence-electron chi connectivity index (χ2n) is 5.92. The Morgan fingerprint density at radius 1 is 1.12 bits per heavy atom. The fourth-order valence-electron chi connectivity index (χ4n) is 3.04. The normalized spacial score (nSPS) is 14.7. The van der Waals surface area contributed by atoms with Crippen LogP contribution >= 0.6 is 0 Å². The highest BCUT2D eigenvalue weighted by Gasteiger charge is 2.19. The number of nitrogens with zero attached hydrogens (tertiary/aromatic N) is 3. The number of carbonyl (C=O) groups excluding carboxylic acids is 1. The largest absolute Gasteiger partial charge is 0.497 e. The summed E-state index contributed by atoms with van der Waals surface area (Å²) in [6, 6.07) is 13.4. The van der Waals surface area contributed by atoms with Crippen molar-refractivity contribution in [2.24, 2.45) is 0 Å². The molecule has 0 saturated carbocycles. The maximum Gasteiger partial charge on any atom is 0.254 e. The van der Waals surface area contributed by atoms with Crippen LogP contribution in [0.15, 0.2) is 48.8 Å². The first kappa shape index (κ1) is 15.7. The lowest BCUT2D eigenvalue weighted by Crippen LogP contribution is -2.40. The van der Waals surface area contributed by atoms with Crippen LogP contribution in [0.25, 0.3) is 16.7 Å². The van der Waals surface area contributed by atoms with E-state index < -0.39 is 0 Å². The zero-order valence-electron chi connectivity index (χ0n) is 14.0. The van der Waals surface area contributed by atoms with Gasteiger partial charge < -0.3 is 14.4 Å². The van der Waals surface area contributed by atoms with Gasteiger partial charge in [-0.3, -0.25) is 9.36 Å². The summed E-state index contributed by atoms with van der Waals surface area (Å²) in [6.45, 7) is 2.47. The Morgan fingerprint density at radius 3 is 2.60 bits per heavy atom. The number of ether oxygens (including phenoxy) is 2. The number of aromatic nitrogens is 2. The van der Waals surface area contributed by atoms with Gasteiger partial charge in [-0.25, -0.2) is 4.98 Å². The topological polar surface area (TPSA) is 56.6 Å². The number of imidazole rings is 1. The van der Waals surface area contributed by atoms with Crippen LogP contribution in [0.4, 0.5) is 0 Å². The number of benzene rings is 2. The quantitative estimate of drug-likeness (QED) is 0.737. The van der Waals surface area contributed by atoms with Crippen LogP contribution in [0.2, 0.25) is 0 Å². The van der Waals surface area contributed by atoms with Crippen molar-refractivity contribution < 1.29 is 14.3 Å². The first-order valence-corrected chi connectivity index (χ1v) is 8.25. The summed E-state index contributed by atoms with van der Waals surface area (Å²) < 4.78 is 12.5. The van der Waals surface area contributed by atoms with Crippen molar-refractivity contribution >= 4 is 16.9 Å². The fraction of sp³-hybridized carbons (Fsp3) is 0.263. The van der Waals surface area contributed by atoms with E-state index >= 15 is 0 Å². The smallest absolute Gasteiger partial charge is 0.254 e. The Bertz CT molecular complexity index is 896. The predicted molar refractivity (Wildman–Crippen MR) is 94.3 cm³/mol. The standard InChI is InChI=1S/C19H19N3O3/c1-24-16-5-3-15(4-6-16)22-13-20-17-12-14(2-7-18(17)22)19(23)21-8-10-25-11-9-21/h2-7,12-13H,8-11H2,1H3. The van der Waals surface area contributed by atoms with E-state index in [0.717, 1.165) is 22.5 Å². The lowest BCUT2D eigenvalue weighted by atomic mass is 10.1. The Hall–Kier alpha value is -2.86. The monoisotopic (exact) mass is 337 g/mol. The lowest BCUT2D eigenvalue weighted by Gasteiger charge is -2.26. The minimum Gasteiger partial charge on any atom is -0.497 e. The van der Waals surface area contributed by atoms with Gasteiger partial charge in [-0.1, -0.05) is 0 Å². The van der Waals surface area contributed by atoms with E-state index in [-0.39, 0.29) is 5.91 Å². The summed E-state index contributed by atoms with van der Waals surface area (Å²) >= 11 is 0. The SMILES string of the molecule is COc1ccc(-n2cnc3cc(C(=O)N4CCOCC4)ccc32)cc1. The molecule has 0 radical (unpaired) electrons. The minimum absolute atomic E-state index is 0.0317. The zero-order valence-corrected chi connectivity index (χ0v) is 14.0. The molecule has 2 aromatic carbocycles. The molecule has 128 valence electrons. The number of carbonyl (C=O) groups is 1. The third-order valence-corrected chi connectivity index (χ3v) is 4.44. The van der Waals surface area contributed by atoms with Gasteiger partial charge in [0, 0.05) is 24.3 Å². The summed E-state index contributed by atoms with van der Waals surface area (Å²) in [5.74, 6) is 0.843. The summed E-state index contributed by atoms with van der Waals surface area (Å²) in [7, 11) is 1.65. The molecular weight excluding hydrogens is 318 g/mol. The number of fused-ring (bicyclic) bond motifs is 1. The van der Waals surface area contributed by atoms with Crippen molar-refractivity contribution in [2.45, 2.75) is 0 Å². The van der Waals surface area contributed by atoms with Crippen molar-refractivity contribution in [1.29, 1.82) is 0 Å². The van der Waals surface area contributed by atoms with E-state index in [0.29, 0.717) is 31.9 Å². The molecule has 0 N–H and O–H groups in total. The molecular formula is C19H19N3O3. The average molecular weight is 337 g/mol. The number of methoxy groups -OCH3 is 1. The highest BCUT2D eigenvalue weighted by molar-refractivity contribution is 5.97. The maximum absolute atomic E-state index is 12.6. The van der Waals surface area contributed by atoms with Gasteiger partial charge in [0.05, 0.1) is 31.4 Å². The Balaban J connectivity index is 1.65.